The van der Waals surface area contributed by atoms with Gasteiger partial charge in [-0.2, -0.15) is 0 Å². The van der Waals surface area contributed by atoms with Gasteiger partial charge in [0.05, 0.1) is 0 Å². The molecular formula is C11H24N4. The summed E-state index contributed by atoms with van der Waals surface area (Å²) in [6, 6.07) is 0. The van der Waals surface area contributed by atoms with Gasteiger partial charge in [-0.1, -0.05) is 0 Å². The van der Waals surface area contributed by atoms with Crippen LogP contribution in [0.15, 0.2) is 0 Å². The normalized spacial score (nSPS) is 23.2. The summed E-state index contributed by atoms with van der Waals surface area (Å²) in [6.45, 7) is 12.3. The molecule has 0 spiro atoms. The third kappa shape index (κ3) is 4.93. The van der Waals surface area contributed by atoms with Gasteiger partial charge in [0.15, 0.2) is 0 Å². The minimum atomic E-state index is 1.15. The van der Waals surface area contributed by atoms with Gasteiger partial charge in [-0.3, -0.25) is 4.90 Å². The van der Waals surface area contributed by atoms with Crippen molar-refractivity contribution in [3.63, 3.8) is 0 Å². The van der Waals surface area contributed by atoms with Crippen molar-refractivity contribution < 1.29 is 0 Å². The number of hydrogen-bond donors (Lipinski definition) is 2. The van der Waals surface area contributed by atoms with Gasteiger partial charge in [0.1, 0.15) is 0 Å². The lowest BCUT2D eigenvalue weighted by atomic mass is 10.3. The Kier molecular flexibility index (Phi) is 4.86. The topological polar surface area (TPSA) is 30.3 Å². The van der Waals surface area contributed by atoms with Crippen LogP contribution in [0.4, 0.5) is 0 Å². The van der Waals surface area contributed by atoms with E-state index in [1.54, 1.807) is 0 Å². The quantitative estimate of drug-likeness (QED) is 0.427. The highest BCUT2D eigenvalue weighted by molar-refractivity contribution is 4.72. The second kappa shape index (κ2) is 6.43. The molecule has 2 aliphatic rings. The Hall–Kier alpha value is -0.160. The molecule has 0 bridgehead atoms. The molecule has 0 aromatic carbocycles. The summed E-state index contributed by atoms with van der Waals surface area (Å²) < 4.78 is 0. The fraction of sp³-hybridized carbons (Fsp3) is 1.00. The maximum atomic E-state index is 3.53. The molecule has 0 aliphatic carbocycles. The van der Waals surface area contributed by atoms with Crippen LogP contribution >= 0.6 is 0 Å². The molecular weight excluding hydrogens is 188 g/mol. The van der Waals surface area contributed by atoms with Crippen molar-refractivity contribution in [2.24, 2.45) is 0 Å². The van der Waals surface area contributed by atoms with E-state index < -0.39 is 0 Å². The Morgan fingerprint density at radius 3 is 2.33 bits per heavy atom. The summed E-state index contributed by atoms with van der Waals surface area (Å²) in [6.07, 6.45) is 1.31. The summed E-state index contributed by atoms with van der Waals surface area (Å²) in [4.78, 5) is 5.02. The molecule has 0 saturated carbocycles. The van der Waals surface area contributed by atoms with Crippen molar-refractivity contribution in [1.29, 1.82) is 0 Å². The highest BCUT2D eigenvalue weighted by Crippen LogP contribution is 2.02. The maximum absolute atomic E-state index is 3.53. The zero-order chi connectivity index (χ0) is 10.3. The first-order valence-electron chi connectivity index (χ1n) is 6.31. The molecule has 0 amide bonds. The van der Waals surface area contributed by atoms with E-state index in [4.69, 9.17) is 0 Å². The highest BCUT2D eigenvalue weighted by Gasteiger charge is 2.15. The van der Waals surface area contributed by atoms with Crippen LogP contribution in [0, 0.1) is 0 Å². The van der Waals surface area contributed by atoms with Gasteiger partial charge >= 0.3 is 0 Å². The molecule has 0 aromatic heterocycles. The van der Waals surface area contributed by atoms with Crippen molar-refractivity contribution in [1.82, 2.24) is 20.4 Å². The fourth-order valence-corrected chi connectivity index (χ4v) is 2.02. The minimum absolute atomic E-state index is 1.15. The van der Waals surface area contributed by atoms with E-state index in [0.717, 1.165) is 19.6 Å². The highest BCUT2D eigenvalue weighted by atomic mass is 15.3. The third-order valence-corrected chi connectivity index (χ3v) is 3.18. The first-order chi connectivity index (χ1) is 7.45. The first kappa shape index (κ1) is 11.3. The largest absolute Gasteiger partial charge is 0.315 e. The predicted molar refractivity (Wildman–Crippen MR) is 63.2 cm³/mol. The second-order valence-corrected chi connectivity index (χ2v) is 4.54. The van der Waals surface area contributed by atoms with Crippen LogP contribution in [0.25, 0.3) is 0 Å². The number of nitrogens with one attached hydrogen (secondary N) is 2. The monoisotopic (exact) mass is 212 g/mol. The number of hydrogen-bond acceptors (Lipinski definition) is 4. The fourth-order valence-electron chi connectivity index (χ4n) is 2.02. The van der Waals surface area contributed by atoms with Crippen molar-refractivity contribution in [3.8, 4) is 0 Å². The summed E-state index contributed by atoms with van der Waals surface area (Å²) in [5.74, 6) is 0. The Bertz CT molecular complexity index is 164. The standard InChI is InChI=1S/C11H24N4/c1(6-14-10-11-14)2-12-3-7-15-8-4-13-5-9-15/h12-13H,1-11H2. The molecule has 2 N–H and O–H groups in total. The molecule has 0 atom stereocenters. The molecule has 2 fully saturated rings. The smallest absolute Gasteiger partial charge is 0.0110 e. The van der Waals surface area contributed by atoms with Crippen LogP contribution in [-0.4, -0.2) is 75.2 Å². The van der Waals surface area contributed by atoms with Crippen LogP contribution in [0.2, 0.25) is 0 Å². The molecule has 0 radical (unpaired) electrons. The van der Waals surface area contributed by atoms with E-state index >= 15 is 0 Å². The predicted octanol–water partition coefficient (Wildman–Crippen LogP) is -0.813. The van der Waals surface area contributed by atoms with Gasteiger partial charge in [-0.25, -0.2) is 0 Å². The lowest BCUT2D eigenvalue weighted by molar-refractivity contribution is 0.241. The molecule has 4 nitrogen and oxygen atoms in total. The lowest BCUT2D eigenvalue weighted by Gasteiger charge is -2.27. The average Bonchev–Trinajstić information content (AvgIpc) is 3.09. The number of rotatable bonds is 7. The van der Waals surface area contributed by atoms with Crippen molar-refractivity contribution in [3.05, 3.63) is 0 Å². The van der Waals surface area contributed by atoms with Crippen molar-refractivity contribution in [2.75, 3.05) is 65.4 Å². The van der Waals surface area contributed by atoms with Gasteiger partial charge in [0.2, 0.25) is 0 Å². The molecule has 0 aromatic rings. The Labute approximate surface area is 93.0 Å². The van der Waals surface area contributed by atoms with E-state index in [9.17, 15) is 0 Å². The van der Waals surface area contributed by atoms with Gasteiger partial charge in [0.25, 0.3) is 0 Å². The molecule has 88 valence electrons. The van der Waals surface area contributed by atoms with E-state index in [1.165, 1.54) is 52.2 Å². The zero-order valence-electron chi connectivity index (χ0n) is 9.67. The zero-order valence-corrected chi connectivity index (χ0v) is 9.67. The van der Waals surface area contributed by atoms with Gasteiger partial charge < -0.3 is 15.5 Å². The first-order valence-corrected chi connectivity index (χ1v) is 6.31. The van der Waals surface area contributed by atoms with Crippen LogP contribution in [0.5, 0.6) is 0 Å². The van der Waals surface area contributed by atoms with Crippen LogP contribution in [0.1, 0.15) is 6.42 Å². The molecule has 15 heavy (non-hydrogen) atoms. The SMILES string of the molecule is C(CNCCN1CCNCC1)CN1CC1. The molecule has 4 heteroatoms. The molecule has 2 rings (SSSR count). The maximum Gasteiger partial charge on any atom is 0.0110 e. The number of nitrogens with zero attached hydrogens (tertiary/aromatic N) is 2. The summed E-state index contributed by atoms with van der Waals surface area (Å²) in [5, 5.41) is 6.90. The molecule has 2 aliphatic heterocycles. The van der Waals surface area contributed by atoms with Crippen LogP contribution < -0.4 is 10.6 Å². The minimum Gasteiger partial charge on any atom is -0.315 e. The van der Waals surface area contributed by atoms with E-state index in [-0.39, 0.29) is 0 Å². The van der Waals surface area contributed by atoms with Crippen molar-refractivity contribution >= 4 is 0 Å². The van der Waals surface area contributed by atoms with Gasteiger partial charge in [-0.15, -0.1) is 0 Å². The third-order valence-electron chi connectivity index (χ3n) is 3.18. The number of piperazine rings is 1. The van der Waals surface area contributed by atoms with Gasteiger partial charge in [0, 0.05) is 52.4 Å². The second-order valence-electron chi connectivity index (χ2n) is 4.54. The van der Waals surface area contributed by atoms with E-state index in [2.05, 4.69) is 20.4 Å². The van der Waals surface area contributed by atoms with Crippen LogP contribution in [-0.2, 0) is 0 Å². The van der Waals surface area contributed by atoms with Gasteiger partial charge in [-0.05, 0) is 19.5 Å². The van der Waals surface area contributed by atoms with Crippen molar-refractivity contribution in [2.45, 2.75) is 6.42 Å². The van der Waals surface area contributed by atoms with E-state index in [1.807, 2.05) is 0 Å². The molecule has 2 heterocycles. The summed E-state index contributed by atoms with van der Waals surface area (Å²) in [5.41, 5.74) is 0. The Balaban J connectivity index is 1.37. The lowest BCUT2D eigenvalue weighted by Crippen LogP contribution is -2.45. The van der Waals surface area contributed by atoms with E-state index in [0.29, 0.717) is 0 Å². The molecule has 2 saturated heterocycles. The summed E-state index contributed by atoms with van der Waals surface area (Å²) in [7, 11) is 0. The van der Waals surface area contributed by atoms with Crippen LogP contribution in [0.3, 0.4) is 0 Å². The summed E-state index contributed by atoms with van der Waals surface area (Å²) >= 11 is 0. The Morgan fingerprint density at radius 1 is 0.867 bits per heavy atom. The average molecular weight is 212 g/mol. The molecule has 0 unspecified atom stereocenters. The Morgan fingerprint density at radius 2 is 1.60 bits per heavy atom.